The number of carbonyl (C=O) groups is 1. The predicted octanol–water partition coefficient (Wildman–Crippen LogP) is 2.72. The van der Waals surface area contributed by atoms with Gasteiger partial charge in [0, 0.05) is 37.5 Å². The Morgan fingerprint density at radius 2 is 2.00 bits per heavy atom. The molecule has 0 aliphatic carbocycles. The molecule has 0 bridgehead atoms. The highest BCUT2D eigenvalue weighted by Gasteiger charge is 2.24. The van der Waals surface area contributed by atoms with E-state index >= 15 is 0 Å². The SMILES string of the molecule is COCCOc1cccc(C(=O)NC2CCN(c3ccccc3)C2)c1. The molecular weight excluding hydrogens is 316 g/mol. The monoisotopic (exact) mass is 340 g/mol. The summed E-state index contributed by atoms with van der Waals surface area (Å²) in [6.07, 6.45) is 0.949. The molecule has 1 aliphatic rings. The molecule has 0 aromatic heterocycles. The summed E-state index contributed by atoms with van der Waals surface area (Å²) < 4.78 is 10.5. The highest BCUT2D eigenvalue weighted by atomic mass is 16.5. The van der Waals surface area contributed by atoms with E-state index < -0.39 is 0 Å². The number of carbonyl (C=O) groups excluding carboxylic acids is 1. The lowest BCUT2D eigenvalue weighted by atomic mass is 10.1. The van der Waals surface area contributed by atoms with Crippen LogP contribution in [-0.2, 0) is 4.74 Å². The zero-order chi connectivity index (χ0) is 17.5. The van der Waals surface area contributed by atoms with Gasteiger partial charge in [-0.15, -0.1) is 0 Å². The highest BCUT2D eigenvalue weighted by Crippen LogP contribution is 2.20. The number of ether oxygens (including phenoxy) is 2. The minimum absolute atomic E-state index is 0.0582. The molecule has 1 N–H and O–H groups in total. The van der Waals surface area contributed by atoms with E-state index in [9.17, 15) is 4.79 Å². The molecule has 1 aliphatic heterocycles. The minimum atomic E-state index is -0.0582. The van der Waals surface area contributed by atoms with E-state index in [1.807, 2.05) is 36.4 Å². The van der Waals surface area contributed by atoms with Crippen LogP contribution in [0.4, 0.5) is 5.69 Å². The predicted molar refractivity (Wildman–Crippen MR) is 98.3 cm³/mol. The van der Waals surface area contributed by atoms with Crippen LogP contribution in [0, 0.1) is 0 Å². The lowest BCUT2D eigenvalue weighted by Crippen LogP contribution is -2.37. The van der Waals surface area contributed by atoms with Crippen LogP contribution in [0.25, 0.3) is 0 Å². The number of para-hydroxylation sites is 1. The Balaban J connectivity index is 1.55. The molecule has 2 aromatic rings. The lowest BCUT2D eigenvalue weighted by Gasteiger charge is -2.19. The minimum Gasteiger partial charge on any atom is -0.491 e. The van der Waals surface area contributed by atoms with Gasteiger partial charge in [-0.2, -0.15) is 0 Å². The molecule has 3 rings (SSSR count). The third-order valence-corrected chi connectivity index (χ3v) is 4.30. The second kappa shape index (κ2) is 8.53. The molecule has 132 valence electrons. The van der Waals surface area contributed by atoms with Gasteiger partial charge in [-0.3, -0.25) is 4.79 Å². The van der Waals surface area contributed by atoms with Crippen LogP contribution in [0.2, 0.25) is 0 Å². The molecule has 1 amide bonds. The molecule has 2 aromatic carbocycles. The van der Waals surface area contributed by atoms with Crippen molar-refractivity contribution >= 4 is 11.6 Å². The Labute approximate surface area is 148 Å². The van der Waals surface area contributed by atoms with Crippen molar-refractivity contribution in [3.8, 4) is 5.75 Å². The number of methoxy groups -OCH3 is 1. The normalized spacial score (nSPS) is 16.7. The summed E-state index contributed by atoms with van der Waals surface area (Å²) in [6.45, 7) is 2.78. The van der Waals surface area contributed by atoms with Crippen LogP contribution in [-0.4, -0.2) is 45.4 Å². The molecule has 0 radical (unpaired) electrons. The van der Waals surface area contributed by atoms with Crippen LogP contribution in [0.5, 0.6) is 5.75 Å². The second-order valence-corrected chi connectivity index (χ2v) is 6.11. The van der Waals surface area contributed by atoms with Gasteiger partial charge in [-0.05, 0) is 36.8 Å². The van der Waals surface area contributed by atoms with Crippen LogP contribution >= 0.6 is 0 Å². The number of benzene rings is 2. The summed E-state index contributed by atoms with van der Waals surface area (Å²) in [5, 5.41) is 3.13. The molecule has 5 nitrogen and oxygen atoms in total. The molecule has 1 fully saturated rings. The molecule has 1 heterocycles. The van der Waals surface area contributed by atoms with Gasteiger partial charge in [0.2, 0.25) is 0 Å². The molecule has 5 heteroatoms. The van der Waals surface area contributed by atoms with Gasteiger partial charge in [0.15, 0.2) is 0 Å². The topological polar surface area (TPSA) is 50.8 Å². The Hall–Kier alpha value is -2.53. The van der Waals surface area contributed by atoms with Crippen molar-refractivity contribution in [3.05, 3.63) is 60.2 Å². The number of hydrogen-bond donors (Lipinski definition) is 1. The Morgan fingerprint density at radius 1 is 1.16 bits per heavy atom. The van der Waals surface area contributed by atoms with Crippen LogP contribution in [0.15, 0.2) is 54.6 Å². The Kier molecular flexibility index (Phi) is 5.90. The van der Waals surface area contributed by atoms with Crippen LogP contribution < -0.4 is 15.0 Å². The van der Waals surface area contributed by atoms with Gasteiger partial charge >= 0.3 is 0 Å². The molecule has 1 atom stereocenters. The maximum absolute atomic E-state index is 12.5. The summed E-state index contributed by atoms with van der Waals surface area (Å²) in [7, 11) is 1.63. The zero-order valence-electron chi connectivity index (χ0n) is 14.5. The fourth-order valence-corrected chi connectivity index (χ4v) is 2.99. The van der Waals surface area contributed by atoms with Crippen molar-refractivity contribution in [1.29, 1.82) is 0 Å². The Bertz CT molecular complexity index is 690. The number of nitrogens with one attached hydrogen (secondary N) is 1. The second-order valence-electron chi connectivity index (χ2n) is 6.11. The molecule has 1 saturated heterocycles. The number of amides is 1. The number of anilines is 1. The van der Waals surface area contributed by atoms with Crippen molar-refractivity contribution in [3.63, 3.8) is 0 Å². The third kappa shape index (κ3) is 4.73. The summed E-state index contributed by atoms with van der Waals surface area (Å²) >= 11 is 0. The number of rotatable bonds is 7. The quantitative estimate of drug-likeness (QED) is 0.788. The summed E-state index contributed by atoms with van der Waals surface area (Å²) in [6, 6.07) is 17.7. The zero-order valence-corrected chi connectivity index (χ0v) is 14.5. The van der Waals surface area contributed by atoms with E-state index in [1.54, 1.807) is 13.2 Å². The summed E-state index contributed by atoms with van der Waals surface area (Å²) in [4.78, 5) is 14.8. The average molecular weight is 340 g/mol. The van der Waals surface area contributed by atoms with Crippen molar-refractivity contribution in [2.24, 2.45) is 0 Å². The molecule has 0 spiro atoms. The van der Waals surface area contributed by atoms with Crippen molar-refractivity contribution in [2.45, 2.75) is 12.5 Å². The largest absolute Gasteiger partial charge is 0.491 e. The first kappa shape index (κ1) is 17.3. The van der Waals surface area contributed by atoms with Gasteiger partial charge in [0.25, 0.3) is 5.91 Å². The fourth-order valence-electron chi connectivity index (χ4n) is 2.99. The van der Waals surface area contributed by atoms with E-state index in [0.29, 0.717) is 24.5 Å². The molecule has 0 saturated carbocycles. The molecule has 25 heavy (non-hydrogen) atoms. The van der Waals surface area contributed by atoms with E-state index in [2.05, 4.69) is 22.3 Å². The Morgan fingerprint density at radius 3 is 2.80 bits per heavy atom. The lowest BCUT2D eigenvalue weighted by molar-refractivity contribution is 0.0939. The van der Waals surface area contributed by atoms with Crippen LogP contribution in [0.3, 0.4) is 0 Å². The van der Waals surface area contributed by atoms with Crippen molar-refractivity contribution < 1.29 is 14.3 Å². The highest BCUT2D eigenvalue weighted by molar-refractivity contribution is 5.94. The number of nitrogens with zero attached hydrogens (tertiary/aromatic N) is 1. The first-order chi connectivity index (χ1) is 12.3. The van der Waals surface area contributed by atoms with E-state index in [0.717, 1.165) is 19.5 Å². The number of hydrogen-bond acceptors (Lipinski definition) is 4. The van der Waals surface area contributed by atoms with Gasteiger partial charge in [-0.25, -0.2) is 0 Å². The van der Waals surface area contributed by atoms with Crippen LogP contribution in [0.1, 0.15) is 16.8 Å². The fraction of sp³-hybridized carbons (Fsp3) is 0.350. The first-order valence-corrected chi connectivity index (χ1v) is 8.59. The molecular formula is C20H24N2O3. The van der Waals surface area contributed by atoms with Gasteiger partial charge < -0.3 is 19.7 Å². The van der Waals surface area contributed by atoms with E-state index in [1.165, 1.54) is 5.69 Å². The van der Waals surface area contributed by atoms with Crippen molar-refractivity contribution in [1.82, 2.24) is 5.32 Å². The van der Waals surface area contributed by atoms with E-state index in [-0.39, 0.29) is 11.9 Å². The average Bonchev–Trinajstić information content (AvgIpc) is 3.11. The summed E-state index contributed by atoms with van der Waals surface area (Å²) in [5.74, 6) is 0.624. The first-order valence-electron chi connectivity index (χ1n) is 8.59. The summed E-state index contributed by atoms with van der Waals surface area (Å²) in [5.41, 5.74) is 1.82. The maximum Gasteiger partial charge on any atom is 0.251 e. The maximum atomic E-state index is 12.5. The van der Waals surface area contributed by atoms with Gasteiger partial charge in [-0.1, -0.05) is 24.3 Å². The van der Waals surface area contributed by atoms with Crippen molar-refractivity contribution in [2.75, 3.05) is 38.3 Å². The standard InChI is InChI=1S/C20H24N2O3/c1-24-12-13-25-19-9-5-6-16(14-19)20(23)21-17-10-11-22(15-17)18-7-3-2-4-8-18/h2-9,14,17H,10-13,15H2,1H3,(H,21,23). The van der Waals surface area contributed by atoms with Gasteiger partial charge in [0.1, 0.15) is 12.4 Å². The third-order valence-electron chi connectivity index (χ3n) is 4.30. The van der Waals surface area contributed by atoms with E-state index in [4.69, 9.17) is 9.47 Å². The molecule has 1 unspecified atom stereocenters. The van der Waals surface area contributed by atoms with Gasteiger partial charge in [0.05, 0.1) is 6.61 Å². The smallest absolute Gasteiger partial charge is 0.251 e.